The Hall–Kier alpha value is -2.53. The molecule has 1 heterocycles. The first kappa shape index (κ1) is 18.3. The monoisotopic (exact) mass is 355 g/mol. The van der Waals surface area contributed by atoms with Crippen molar-refractivity contribution < 1.29 is 19.0 Å². The quantitative estimate of drug-likeness (QED) is 0.804. The highest BCUT2D eigenvalue weighted by molar-refractivity contribution is 5.89. The summed E-state index contributed by atoms with van der Waals surface area (Å²) in [7, 11) is 1.39. The van der Waals surface area contributed by atoms with Crippen LogP contribution in [0.25, 0.3) is 0 Å². The highest BCUT2D eigenvalue weighted by Gasteiger charge is 2.24. The van der Waals surface area contributed by atoms with Gasteiger partial charge in [-0.2, -0.15) is 0 Å². The van der Waals surface area contributed by atoms with Gasteiger partial charge in [-0.25, -0.2) is 4.79 Å². The van der Waals surface area contributed by atoms with Crippen molar-refractivity contribution in [3.05, 3.63) is 58.7 Å². The van der Waals surface area contributed by atoms with E-state index in [1.807, 2.05) is 26.0 Å². The minimum atomic E-state index is -0.325. The molecule has 5 heteroatoms. The van der Waals surface area contributed by atoms with Gasteiger partial charge in [-0.05, 0) is 61.2 Å². The van der Waals surface area contributed by atoms with Crippen LogP contribution in [0.2, 0.25) is 0 Å². The van der Waals surface area contributed by atoms with Crippen LogP contribution in [0.5, 0.6) is 11.5 Å². The molecule has 138 valence electrons. The molecule has 1 aliphatic rings. The summed E-state index contributed by atoms with van der Waals surface area (Å²) in [5.74, 6) is 1.25. The van der Waals surface area contributed by atoms with E-state index in [4.69, 9.17) is 14.2 Å². The van der Waals surface area contributed by atoms with Crippen molar-refractivity contribution in [2.24, 2.45) is 0 Å². The molecule has 5 nitrogen and oxygen atoms in total. The van der Waals surface area contributed by atoms with Crippen molar-refractivity contribution in [3.8, 4) is 11.5 Å². The first-order valence-electron chi connectivity index (χ1n) is 9.02. The topological polar surface area (TPSA) is 56.8 Å². The minimum absolute atomic E-state index is 0.0559. The Morgan fingerprint density at radius 1 is 1.08 bits per heavy atom. The number of benzene rings is 2. The fourth-order valence-electron chi connectivity index (χ4n) is 3.33. The SMILES string of the molecule is CCOc1cc2c(cc1OCC)C(c1ccc(C(=O)OC)cc1)NCC2. The van der Waals surface area contributed by atoms with Crippen LogP contribution in [0.4, 0.5) is 0 Å². The number of nitrogens with one attached hydrogen (secondary N) is 1. The number of hydrogen-bond acceptors (Lipinski definition) is 5. The van der Waals surface area contributed by atoms with Gasteiger partial charge in [-0.1, -0.05) is 12.1 Å². The lowest BCUT2D eigenvalue weighted by Crippen LogP contribution is -2.30. The lowest BCUT2D eigenvalue weighted by molar-refractivity contribution is 0.0600. The Bertz CT molecular complexity index is 770. The van der Waals surface area contributed by atoms with Gasteiger partial charge in [-0.3, -0.25) is 0 Å². The second-order valence-electron chi connectivity index (χ2n) is 6.11. The third kappa shape index (κ3) is 3.68. The zero-order valence-corrected chi connectivity index (χ0v) is 15.5. The van der Waals surface area contributed by atoms with E-state index < -0.39 is 0 Å². The van der Waals surface area contributed by atoms with Gasteiger partial charge in [0.25, 0.3) is 0 Å². The highest BCUT2D eigenvalue weighted by Crippen LogP contribution is 2.37. The summed E-state index contributed by atoms with van der Waals surface area (Å²) in [6.45, 7) is 6.02. The molecule has 0 spiro atoms. The molecule has 0 bridgehead atoms. The summed E-state index contributed by atoms with van der Waals surface area (Å²) in [6.07, 6.45) is 0.943. The zero-order valence-electron chi connectivity index (χ0n) is 15.5. The number of carbonyl (C=O) groups is 1. The smallest absolute Gasteiger partial charge is 0.337 e. The Balaban J connectivity index is 1.97. The number of rotatable bonds is 6. The molecule has 0 radical (unpaired) electrons. The molecule has 0 aromatic heterocycles. The number of ether oxygens (including phenoxy) is 3. The second kappa shape index (κ2) is 8.23. The summed E-state index contributed by atoms with van der Waals surface area (Å²) in [4.78, 5) is 11.6. The van der Waals surface area contributed by atoms with E-state index >= 15 is 0 Å². The van der Waals surface area contributed by atoms with Gasteiger partial charge < -0.3 is 19.5 Å². The van der Waals surface area contributed by atoms with Gasteiger partial charge in [0, 0.05) is 6.54 Å². The first-order valence-corrected chi connectivity index (χ1v) is 9.02. The summed E-state index contributed by atoms with van der Waals surface area (Å²) in [6, 6.07) is 11.8. The van der Waals surface area contributed by atoms with E-state index in [2.05, 4.69) is 17.4 Å². The Labute approximate surface area is 154 Å². The van der Waals surface area contributed by atoms with Crippen LogP contribution in [0.3, 0.4) is 0 Å². The number of esters is 1. The molecular formula is C21H25NO4. The number of carbonyl (C=O) groups excluding carboxylic acids is 1. The fraction of sp³-hybridized carbons (Fsp3) is 0.381. The molecular weight excluding hydrogens is 330 g/mol. The van der Waals surface area contributed by atoms with E-state index in [1.54, 1.807) is 12.1 Å². The van der Waals surface area contributed by atoms with Crippen LogP contribution < -0.4 is 14.8 Å². The van der Waals surface area contributed by atoms with Crippen molar-refractivity contribution in [2.75, 3.05) is 26.9 Å². The summed E-state index contributed by atoms with van der Waals surface area (Å²) in [5.41, 5.74) is 4.10. The van der Waals surface area contributed by atoms with Crippen molar-refractivity contribution in [1.29, 1.82) is 0 Å². The molecule has 0 aliphatic carbocycles. The van der Waals surface area contributed by atoms with Crippen molar-refractivity contribution in [2.45, 2.75) is 26.3 Å². The number of hydrogen-bond donors (Lipinski definition) is 1. The number of fused-ring (bicyclic) bond motifs is 1. The molecule has 1 atom stereocenters. The van der Waals surface area contributed by atoms with Gasteiger partial charge in [0.15, 0.2) is 11.5 Å². The summed E-state index contributed by atoms with van der Waals surface area (Å²) < 4.78 is 16.3. The third-order valence-corrected chi connectivity index (χ3v) is 4.52. The molecule has 3 rings (SSSR count). The minimum Gasteiger partial charge on any atom is -0.490 e. The van der Waals surface area contributed by atoms with Crippen molar-refractivity contribution in [1.82, 2.24) is 5.32 Å². The molecule has 0 amide bonds. The molecule has 1 unspecified atom stereocenters. The summed E-state index contributed by atoms with van der Waals surface area (Å²) in [5, 5.41) is 3.56. The van der Waals surface area contributed by atoms with Gasteiger partial charge in [0.1, 0.15) is 0 Å². The van der Waals surface area contributed by atoms with E-state index in [1.165, 1.54) is 18.2 Å². The number of methoxy groups -OCH3 is 1. The molecule has 1 aliphatic heterocycles. The maximum atomic E-state index is 11.6. The van der Waals surface area contributed by atoms with Crippen LogP contribution in [-0.2, 0) is 11.2 Å². The van der Waals surface area contributed by atoms with Crippen LogP contribution >= 0.6 is 0 Å². The lowest BCUT2D eigenvalue weighted by Gasteiger charge is -2.29. The van der Waals surface area contributed by atoms with Gasteiger partial charge in [0.2, 0.25) is 0 Å². The molecule has 26 heavy (non-hydrogen) atoms. The average molecular weight is 355 g/mol. The predicted octanol–water partition coefficient (Wildman–Crippen LogP) is 3.51. The van der Waals surface area contributed by atoms with Gasteiger partial charge >= 0.3 is 5.97 Å². The molecule has 0 fully saturated rings. The maximum Gasteiger partial charge on any atom is 0.337 e. The zero-order chi connectivity index (χ0) is 18.5. The second-order valence-corrected chi connectivity index (χ2v) is 6.11. The summed E-state index contributed by atoms with van der Waals surface area (Å²) >= 11 is 0. The Morgan fingerprint density at radius 3 is 2.35 bits per heavy atom. The van der Waals surface area contributed by atoms with Crippen LogP contribution in [0.1, 0.15) is 46.9 Å². The lowest BCUT2D eigenvalue weighted by atomic mass is 9.89. The largest absolute Gasteiger partial charge is 0.490 e. The fourth-order valence-corrected chi connectivity index (χ4v) is 3.33. The van der Waals surface area contributed by atoms with Gasteiger partial charge in [-0.15, -0.1) is 0 Å². The third-order valence-electron chi connectivity index (χ3n) is 4.52. The normalized spacial score (nSPS) is 15.9. The molecule has 0 saturated heterocycles. The van der Waals surface area contributed by atoms with Crippen LogP contribution in [-0.4, -0.2) is 32.8 Å². The van der Waals surface area contributed by atoms with E-state index in [0.29, 0.717) is 18.8 Å². The Kier molecular flexibility index (Phi) is 5.78. The molecule has 0 saturated carbocycles. The maximum absolute atomic E-state index is 11.6. The van der Waals surface area contributed by atoms with Gasteiger partial charge in [0.05, 0.1) is 31.9 Å². The van der Waals surface area contributed by atoms with Crippen molar-refractivity contribution >= 4 is 5.97 Å². The average Bonchev–Trinajstić information content (AvgIpc) is 2.68. The van der Waals surface area contributed by atoms with E-state index in [-0.39, 0.29) is 12.0 Å². The molecule has 1 N–H and O–H groups in total. The van der Waals surface area contributed by atoms with Crippen LogP contribution in [0, 0.1) is 0 Å². The Morgan fingerprint density at radius 2 is 1.73 bits per heavy atom. The highest BCUT2D eigenvalue weighted by atomic mass is 16.5. The first-order chi connectivity index (χ1) is 12.7. The standard InChI is InChI=1S/C21H25NO4/c1-4-25-18-12-16-10-11-22-20(17(16)13-19(18)26-5-2)14-6-8-15(9-7-14)21(23)24-3/h6-9,12-13,20,22H,4-5,10-11H2,1-3H3. The predicted molar refractivity (Wildman–Crippen MR) is 100 cm³/mol. The van der Waals surface area contributed by atoms with Crippen LogP contribution in [0.15, 0.2) is 36.4 Å². The van der Waals surface area contributed by atoms with Crippen molar-refractivity contribution in [3.63, 3.8) is 0 Å². The van der Waals surface area contributed by atoms with E-state index in [9.17, 15) is 4.79 Å². The molecule has 2 aromatic rings. The molecule has 2 aromatic carbocycles. The van der Waals surface area contributed by atoms with E-state index in [0.717, 1.165) is 30.0 Å².